The second kappa shape index (κ2) is 4.99. The van der Waals surface area contributed by atoms with Gasteiger partial charge in [0.25, 0.3) is 0 Å². The number of aromatic nitrogens is 2. The van der Waals surface area contributed by atoms with Crippen molar-refractivity contribution in [2.24, 2.45) is 5.73 Å². The summed E-state index contributed by atoms with van der Waals surface area (Å²) in [7, 11) is 0. The number of nitrogens with two attached hydrogens (primary N) is 1. The molecule has 0 aliphatic carbocycles. The van der Waals surface area contributed by atoms with Gasteiger partial charge in [-0.05, 0) is 18.6 Å². The van der Waals surface area contributed by atoms with Gasteiger partial charge in [0, 0.05) is 0 Å². The molecule has 2 heterocycles. The number of hydrogen-bond donors (Lipinski definition) is 2. The molecule has 0 saturated heterocycles. The maximum absolute atomic E-state index is 6.02. The molecule has 2 aromatic heterocycles. The molecule has 0 aliphatic heterocycles. The van der Waals surface area contributed by atoms with Crippen LogP contribution in [-0.2, 0) is 0 Å². The zero-order valence-electron chi connectivity index (χ0n) is 9.44. The van der Waals surface area contributed by atoms with Gasteiger partial charge >= 0.3 is 0 Å². The Morgan fingerprint density at radius 1 is 1.56 bits per heavy atom. The molecule has 1 atom stereocenters. The largest absolute Gasteiger partial charge is 0.463 e. The van der Waals surface area contributed by atoms with Gasteiger partial charge < -0.3 is 15.1 Å². The Morgan fingerprint density at radius 3 is 3.12 bits per heavy atom. The zero-order chi connectivity index (χ0) is 11.4. The van der Waals surface area contributed by atoms with Crippen LogP contribution in [0.5, 0.6) is 0 Å². The number of hydrogen-bond acceptors (Lipinski definition) is 3. The van der Waals surface area contributed by atoms with Gasteiger partial charge in [0.15, 0.2) is 5.76 Å². The summed E-state index contributed by atoms with van der Waals surface area (Å²) in [5.41, 5.74) is 6.90. The normalized spacial score (nSPS) is 12.9. The lowest BCUT2D eigenvalue weighted by Gasteiger charge is -2.06. The monoisotopic (exact) mass is 219 g/mol. The highest BCUT2D eigenvalue weighted by atomic mass is 16.3. The topological polar surface area (TPSA) is 67.8 Å². The van der Waals surface area contributed by atoms with Crippen LogP contribution in [0.25, 0.3) is 11.5 Å². The number of furan rings is 1. The third-order valence-electron chi connectivity index (χ3n) is 2.60. The number of rotatable bonds is 5. The maximum Gasteiger partial charge on any atom is 0.151 e. The molecule has 1 unspecified atom stereocenters. The SMILES string of the molecule is CCCCC(N)c1ncc(-c2ccco2)[nH]1. The van der Waals surface area contributed by atoms with Crippen molar-refractivity contribution in [3.63, 3.8) is 0 Å². The first kappa shape index (κ1) is 11.0. The van der Waals surface area contributed by atoms with Gasteiger partial charge in [-0.2, -0.15) is 0 Å². The minimum atomic E-state index is -0.0105. The molecular formula is C12H17N3O. The number of aromatic amines is 1. The Kier molecular flexibility index (Phi) is 3.41. The lowest BCUT2D eigenvalue weighted by molar-refractivity contribution is 0.573. The van der Waals surface area contributed by atoms with E-state index >= 15 is 0 Å². The van der Waals surface area contributed by atoms with Crippen LogP contribution in [0.3, 0.4) is 0 Å². The molecule has 0 radical (unpaired) electrons. The molecule has 0 saturated carbocycles. The number of unbranched alkanes of at least 4 members (excludes halogenated alkanes) is 1. The summed E-state index contributed by atoms with van der Waals surface area (Å²) in [4.78, 5) is 7.48. The first-order valence-electron chi connectivity index (χ1n) is 5.65. The molecular weight excluding hydrogens is 202 g/mol. The van der Waals surface area contributed by atoms with Gasteiger partial charge in [0.05, 0.1) is 18.5 Å². The maximum atomic E-state index is 6.02. The van der Waals surface area contributed by atoms with Gasteiger partial charge in [-0.3, -0.25) is 0 Å². The quantitative estimate of drug-likeness (QED) is 0.812. The summed E-state index contributed by atoms with van der Waals surface area (Å²) in [6.07, 6.45) is 6.64. The first-order chi connectivity index (χ1) is 7.81. The van der Waals surface area contributed by atoms with E-state index in [1.165, 1.54) is 0 Å². The second-order valence-corrected chi connectivity index (χ2v) is 3.91. The van der Waals surface area contributed by atoms with E-state index in [0.717, 1.165) is 36.5 Å². The summed E-state index contributed by atoms with van der Waals surface area (Å²) in [5, 5.41) is 0. The van der Waals surface area contributed by atoms with Crippen LogP contribution < -0.4 is 5.73 Å². The second-order valence-electron chi connectivity index (χ2n) is 3.91. The summed E-state index contributed by atoms with van der Waals surface area (Å²) >= 11 is 0. The number of H-pyrrole nitrogens is 1. The average Bonchev–Trinajstić information content (AvgIpc) is 2.94. The molecule has 86 valence electrons. The zero-order valence-corrected chi connectivity index (χ0v) is 9.44. The van der Waals surface area contributed by atoms with E-state index < -0.39 is 0 Å². The van der Waals surface area contributed by atoms with E-state index in [-0.39, 0.29) is 6.04 Å². The molecule has 2 aromatic rings. The van der Waals surface area contributed by atoms with E-state index in [1.807, 2.05) is 12.1 Å². The van der Waals surface area contributed by atoms with Gasteiger partial charge in [-0.25, -0.2) is 4.98 Å². The molecule has 0 fully saturated rings. The Balaban J connectivity index is 2.07. The number of nitrogens with zero attached hydrogens (tertiary/aromatic N) is 1. The molecule has 4 heteroatoms. The Bertz CT molecular complexity index is 419. The fourth-order valence-electron chi connectivity index (χ4n) is 1.64. The summed E-state index contributed by atoms with van der Waals surface area (Å²) in [5.74, 6) is 1.63. The van der Waals surface area contributed by atoms with Crippen LogP contribution in [-0.4, -0.2) is 9.97 Å². The van der Waals surface area contributed by atoms with Crippen molar-refractivity contribution in [1.29, 1.82) is 0 Å². The molecule has 0 amide bonds. The van der Waals surface area contributed by atoms with Gasteiger partial charge in [0.1, 0.15) is 11.5 Å². The predicted molar refractivity (Wildman–Crippen MR) is 62.7 cm³/mol. The van der Waals surface area contributed by atoms with Gasteiger partial charge in [-0.15, -0.1) is 0 Å². The first-order valence-corrected chi connectivity index (χ1v) is 5.65. The standard InChI is InChI=1S/C12H17N3O/c1-2-3-5-9(13)12-14-8-10(15-12)11-6-4-7-16-11/h4,6-9H,2-3,5,13H2,1H3,(H,14,15). The Morgan fingerprint density at radius 2 is 2.44 bits per heavy atom. The molecule has 0 spiro atoms. The molecule has 4 nitrogen and oxygen atoms in total. The Labute approximate surface area is 94.9 Å². The average molecular weight is 219 g/mol. The van der Waals surface area contributed by atoms with Crippen molar-refractivity contribution in [1.82, 2.24) is 9.97 Å². The Hall–Kier alpha value is -1.55. The lowest BCUT2D eigenvalue weighted by Crippen LogP contribution is -2.11. The minimum absolute atomic E-state index is 0.0105. The highest BCUT2D eigenvalue weighted by molar-refractivity contribution is 5.50. The minimum Gasteiger partial charge on any atom is -0.463 e. The van der Waals surface area contributed by atoms with E-state index in [1.54, 1.807) is 12.5 Å². The van der Waals surface area contributed by atoms with Crippen molar-refractivity contribution in [3.05, 3.63) is 30.4 Å². The molecule has 0 bridgehead atoms. The highest BCUT2D eigenvalue weighted by Crippen LogP contribution is 2.20. The van der Waals surface area contributed by atoms with E-state index in [9.17, 15) is 0 Å². The highest BCUT2D eigenvalue weighted by Gasteiger charge is 2.11. The van der Waals surface area contributed by atoms with Crippen molar-refractivity contribution in [3.8, 4) is 11.5 Å². The van der Waals surface area contributed by atoms with Crippen molar-refractivity contribution < 1.29 is 4.42 Å². The number of nitrogens with one attached hydrogen (secondary N) is 1. The molecule has 16 heavy (non-hydrogen) atoms. The van der Waals surface area contributed by atoms with Crippen LogP contribution in [0.15, 0.2) is 29.0 Å². The van der Waals surface area contributed by atoms with Crippen molar-refractivity contribution in [2.75, 3.05) is 0 Å². The smallest absolute Gasteiger partial charge is 0.151 e. The van der Waals surface area contributed by atoms with Crippen LogP contribution in [0.4, 0.5) is 0 Å². The van der Waals surface area contributed by atoms with E-state index in [2.05, 4.69) is 16.9 Å². The van der Waals surface area contributed by atoms with Gasteiger partial charge in [0.2, 0.25) is 0 Å². The van der Waals surface area contributed by atoms with Crippen LogP contribution in [0, 0.1) is 0 Å². The predicted octanol–water partition coefficient (Wildman–Crippen LogP) is 2.86. The summed E-state index contributed by atoms with van der Waals surface area (Å²) in [6.45, 7) is 2.16. The van der Waals surface area contributed by atoms with Crippen molar-refractivity contribution >= 4 is 0 Å². The van der Waals surface area contributed by atoms with E-state index in [0.29, 0.717) is 0 Å². The number of imidazole rings is 1. The van der Waals surface area contributed by atoms with Crippen molar-refractivity contribution in [2.45, 2.75) is 32.2 Å². The van der Waals surface area contributed by atoms with Crippen LogP contribution in [0.2, 0.25) is 0 Å². The fourth-order valence-corrected chi connectivity index (χ4v) is 1.64. The van der Waals surface area contributed by atoms with E-state index in [4.69, 9.17) is 10.2 Å². The summed E-state index contributed by atoms with van der Waals surface area (Å²) in [6, 6.07) is 3.74. The van der Waals surface area contributed by atoms with Gasteiger partial charge in [-0.1, -0.05) is 19.8 Å². The molecule has 0 aromatic carbocycles. The fraction of sp³-hybridized carbons (Fsp3) is 0.417. The lowest BCUT2D eigenvalue weighted by atomic mass is 10.1. The summed E-state index contributed by atoms with van der Waals surface area (Å²) < 4.78 is 5.28. The van der Waals surface area contributed by atoms with Crippen LogP contribution in [0.1, 0.15) is 38.1 Å². The molecule has 2 rings (SSSR count). The molecule has 0 aliphatic rings. The third kappa shape index (κ3) is 2.33. The van der Waals surface area contributed by atoms with Crippen LogP contribution >= 0.6 is 0 Å². The molecule has 3 N–H and O–H groups in total. The third-order valence-corrected chi connectivity index (χ3v) is 2.60.